The van der Waals surface area contributed by atoms with Crippen LogP contribution in [0.25, 0.3) is 0 Å². The third-order valence-electron chi connectivity index (χ3n) is 2.95. The number of benzene rings is 1. The highest BCUT2D eigenvalue weighted by atomic mass is 16.6. The zero-order chi connectivity index (χ0) is 16.0. The van der Waals surface area contributed by atoms with Crippen molar-refractivity contribution in [2.24, 2.45) is 0 Å². The third kappa shape index (κ3) is 4.79. The van der Waals surface area contributed by atoms with Crippen LogP contribution < -0.4 is 0 Å². The summed E-state index contributed by atoms with van der Waals surface area (Å²) in [6, 6.07) is 8.84. The van der Waals surface area contributed by atoms with E-state index in [0.29, 0.717) is 0 Å². The molecule has 0 bridgehead atoms. The van der Waals surface area contributed by atoms with Gasteiger partial charge < -0.3 is 9.84 Å². The molecule has 0 aliphatic heterocycles. The van der Waals surface area contributed by atoms with Gasteiger partial charge >= 0.3 is 12.1 Å². The van der Waals surface area contributed by atoms with Crippen molar-refractivity contribution in [3.8, 4) is 0 Å². The molecular weight excluding hydrogens is 276 g/mol. The molecule has 0 aliphatic carbocycles. The van der Waals surface area contributed by atoms with Gasteiger partial charge in [0.1, 0.15) is 0 Å². The van der Waals surface area contributed by atoms with Gasteiger partial charge in [0.2, 0.25) is 12.0 Å². The molecule has 0 radical (unpaired) electrons. The summed E-state index contributed by atoms with van der Waals surface area (Å²) in [7, 11) is 2.71. The summed E-state index contributed by atoms with van der Waals surface area (Å²) < 4.78 is 4.94. The van der Waals surface area contributed by atoms with E-state index >= 15 is 0 Å². The van der Waals surface area contributed by atoms with Crippen molar-refractivity contribution >= 4 is 18.0 Å². The van der Waals surface area contributed by atoms with Crippen LogP contribution in [-0.2, 0) is 20.7 Å². The number of carboxylic acid groups (broad SMARTS) is 1. The maximum absolute atomic E-state index is 11.8. The Morgan fingerprint density at radius 3 is 2.19 bits per heavy atom. The van der Waals surface area contributed by atoms with E-state index in [1.54, 1.807) is 30.3 Å². The Hall–Kier alpha value is -2.57. The molecule has 2 amide bonds. The molecular formula is C14H18N2O5. The highest BCUT2D eigenvalue weighted by molar-refractivity contribution is 5.80. The van der Waals surface area contributed by atoms with Crippen molar-refractivity contribution in [2.45, 2.75) is 19.4 Å². The van der Waals surface area contributed by atoms with Gasteiger partial charge in [-0.25, -0.2) is 14.6 Å². The highest BCUT2D eigenvalue weighted by Crippen LogP contribution is 2.08. The summed E-state index contributed by atoms with van der Waals surface area (Å²) >= 11 is 0. The molecule has 0 aliphatic rings. The predicted octanol–water partition coefficient (Wildman–Crippen LogP) is 1.14. The number of amides is 2. The van der Waals surface area contributed by atoms with Crippen molar-refractivity contribution in [3.05, 3.63) is 35.9 Å². The van der Waals surface area contributed by atoms with Gasteiger partial charge in [-0.1, -0.05) is 30.3 Å². The molecule has 21 heavy (non-hydrogen) atoms. The molecule has 0 aromatic heterocycles. The van der Waals surface area contributed by atoms with Crippen molar-refractivity contribution in [3.63, 3.8) is 0 Å². The average molecular weight is 294 g/mol. The molecule has 1 rings (SSSR count). The largest absolute Gasteiger partial charge is 0.478 e. The van der Waals surface area contributed by atoms with Gasteiger partial charge in [-0.3, -0.25) is 9.80 Å². The van der Waals surface area contributed by atoms with Crippen LogP contribution in [0.5, 0.6) is 0 Å². The van der Waals surface area contributed by atoms with Crippen molar-refractivity contribution in [1.82, 2.24) is 10.0 Å². The summed E-state index contributed by atoms with van der Waals surface area (Å²) in [6.45, 7) is 1.28. The van der Waals surface area contributed by atoms with Gasteiger partial charge in [0, 0.05) is 27.4 Å². The van der Waals surface area contributed by atoms with Gasteiger partial charge in [0.25, 0.3) is 0 Å². The van der Waals surface area contributed by atoms with E-state index < -0.39 is 18.2 Å². The SMILES string of the molecule is CC(=O)N(C)N(C)C(=O)OC(Cc1ccccc1)C(=O)O. The Labute approximate surface area is 122 Å². The lowest BCUT2D eigenvalue weighted by molar-refractivity contribution is -0.149. The molecule has 1 aromatic rings. The molecule has 0 spiro atoms. The number of hydrazine groups is 1. The Kier molecular flexibility index (Phi) is 5.71. The molecule has 0 saturated carbocycles. The minimum Gasteiger partial charge on any atom is -0.478 e. The number of nitrogens with zero attached hydrogens (tertiary/aromatic N) is 2. The minimum atomic E-state index is -1.32. The zero-order valence-corrected chi connectivity index (χ0v) is 12.1. The Balaban J connectivity index is 2.73. The van der Waals surface area contributed by atoms with Gasteiger partial charge in [-0.05, 0) is 5.56 Å². The molecule has 0 saturated heterocycles. The van der Waals surface area contributed by atoms with Crippen molar-refractivity contribution in [2.75, 3.05) is 14.1 Å². The summed E-state index contributed by atoms with van der Waals surface area (Å²) in [5.74, 6) is -1.62. The van der Waals surface area contributed by atoms with E-state index in [9.17, 15) is 14.4 Å². The molecule has 1 unspecified atom stereocenters. The molecule has 0 fully saturated rings. The van der Waals surface area contributed by atoms with Crippen LogP contribution in [-0.4, -0.2) is 53.3 Å². The number of carbonyl (C=O) groups excluding carboxylic acids is 2. The van der Waals surface area contributed by atoms with E-state index in [0.717, 1.165) is 15.6 Å². The van der Waals surface area contributed by atoms with Crippen LogP contribution in [0.2, 0.25) is 0 Å². The number of aliphatic carboxylic acids is 1. The lowest BCUT2D eigenvalue weighted by atomic mass is 10.1. The number of hydrogen-bond donors (Lipinski definition) is 1. The van der Waals surface area contributed by atoms with Crippen molar-refractivity contribution in [1.29, 1.82) is 0 Å². The Bertz CT molecular complexity index is 517. The molecule has 0 heterocycles. The monoisotopic (exact) mass is 294 g/mol. The first-order chi connectivity index (χ1) is 9.82. The van der Waals surface area contributed by atoms with Gasteiger partial charge in [-0.2, -0.15) is 0 Å². The van der Waals surface area contributed by atoms with Gasteiger partial charge in [0.15, 0.2) is 0 Å². The first-order valence-electron chi connectivity index (χ1n) is 6.28. The Morgan fingerprint density at radius 1 is 1.14 bits per heavy atom. The third-order valence-corrected chi connectivity index (χ3v) is 2.95. The fourth-order valence-corrected chi connectivity index (χ4v) is 1.54. The first-order valence-corrected chi connectivity index (χ1v) is 6.28. The van der Waals surface area contributed by atoms with Crippen molar-refractivity contribution < 1.29 is 24.2 Å². The fraction of sp³-hybridized carbons (Fsp3) is 0.357. The molecule has 114 valence electrons. The zero-order valence-electron chi connectivity index (χ0n) is 12.1. The molecule has 7 heteroatoms. The second-order valence-electron chi connectivity index (χ2n) is 4.47. The van der Waals surface area contributed by atoms with Crippen LogP contribution in [0.4, 0.5) is 4.79 Å². The molecule has 1 aromatic carbocycles. The second-order valence-corrected chi connectivity index (χ2v) is 4.47. The minimum absolute atomic E-state index is 0.0551. The summed E-state index contributed by atoms with van der Waals surface area (Å²) in [5.41, 5.74) is 0.736. The van der Waals surface area contributed by atoms with E-state index in [1.807, 2.05) is 0 Å². The maximum atomic E-state index is 11.8. The highest BCUT2D eigenvalue weighted by Gasteiger charge is 2.26. The lowest BCUT2D eigenvalue weighted by Crippen LogP contribution is -2.46. The number of carboxylic acids is 1. The standard InChI is InChI=1S/C14H18N2O5/c1-10(17)15(2)16(3)14(20)21-12(13(18)19)9-11-7-5-4-6-8-11/h4-8,12H,9H2,1-3H3,(H,18,19). The van der Waals surface area contributed by atoms with Crippen LogP contribution in [0.3, 0.4) is 0 Å². The van der Waals surface area contributed by atoms with Gasteiger partial charge in [-0.15, -0.1) is 0 Å². The number of hydrogen-bond acceptors (Lipinski definition) is 4. The maximum Gasteiger partial charge on any atom is 0.429 e. The summed E-state index contributed by atoms with van der Waals surface area (Å²) in [5, 5.41) is 11.1. The van der Waals surface area contributed by atoms with Crippen LogP contribution in [0.15, 0.2) is 30.3 Å². The smallest absolute Gasteiger partial charge is 0.429 e. The van der Waals surface area contributed by atoms with Gasteiger partial charge in [0.05, 0.1) is 0 Å². The molecule has 7 nitrogen and oxygen atoms in total. The topological polar surface area (TPSA) is 87.2 Å². The number of rotatable bonds is 4. The summed E-state index contributed by atoms with van der Waals surface area (Å²) in [6.07, 6.45) is -2.17. The fourth-order valence-electron chi connectivity index (χ4n) is 1.54. The second kappa shape index (κ2) is 7.28. The summed E-state index contributed by atoms with van der Waals surface area (Å²) in [4.78, 5) is 34.2. The normalized spacial score (nSPS) is 11.4. The predicted molar refractivity (Wildman–Crippen MR) is 74.3 cm³/mol. The van der Waals surface area contributed by atoms with E-state index in [2.05, 4.69) is 0 Å². The van der Waals surface area contributed by atoms with E-state index in [-0.39, 0.29) is 12.3 Å². The molecule has 1 N–H and O–H groups in total. The average Bonchev–Trinajstić information content (AvgIpc) is 2.45. The van der Waals surface area contributed by atoms with Crippen LogP contribution >= 0.6 is 0 Å². The lowest BCUT2D eigenvalue weighted by Gasteiger charge is -2.27. The van der Waals surface area contributed by atoms with Crippen LogP contribution in [0.1, 0.15) is 12.5 Å². The molecule has 1 atom stereocenters. The number of carbonyl (C=O) groups is 3. The number of ether oxygens (including phenoxy) is 1. The quantitative estimate of drug-likeness (QED) is 0.842. The first kappa shape index (κ1) is 16.5. The van der Waals surface area contributed by atoms with Crippen LogP contribution in [0, 0.1) is 0 Å². The van der Waals surface area contributed by atoms with E-state index in [1.165, 1.54) is 21.0 Å². The van der Waals surface area contributed by atoms with E-state index in [4.69, 9.17) is 9.84 Å². The Morgan fingerprint density at radius 2 is 1.71 bits per heavy atom.